The molecule has 0 atom stereocenters. The molecular formula is C24H21IN8O2. The summed E-state index contributed by atoms with van der Waals surface area (Å²) in [6.07, 6.45) is 1.69. The number of nitro groups is 1. The Balaban J connectivity index is 1.60. The molecule has 3 N–H and O–H groups in total. The van der Waals surface area contributed by atoms with E-state index in [1.807, 2.05) is 56.3 Å². The van der Waals surface area contributed by atoms with Crippen LogP contribution in [0.3, 0.4) is 0 Å². The lowest BCUT2D eigenvalue weighted by atomic mass is 10.1. The highest BCUT2D eigenvalue weighted by atomic mass is 127. The zero-order valence-corrected chi connectivity index (χ0v) is 21.0. The first kappa shape index (κ1) is 24.0. The van der Waals surface area contributed by atoms with Crippen LogP contribution >= 0.6 is 22.6 Å². The number of nitro benzene ring substituents is 1. The van der Waals surface area contributed by atoms with Gasteiger partial charge in [0.1, 0.15) is 0 Å². The molecule has 1 heterocycles. The predicted molar refractivity (Wildman–Crippen MR) is 146 cm³/mol. The molecular weight excluding hydrogens is 559 g/mol. The van der Waals surface area contributed by atoms with Crippen molar-refractivity contribution in [2.75, 3.05) is 16.1 Å². The summed E-state index contributed by atoms with van der Waals surface area (Å²) >= 11 is 2.24. The number of non-ortho nitro benzene ring substituents is 1. The number of hydrogen-bond donors (Lipinski definition) is 3. The fraction of sp³-hybridized carbons (Fsp3) is 0.0833. The van der Waals surface area contributed by atoms with Gasteiger partial charge in [0, 0.05) is 32.6 Å². The Morgan fingerprint density at radius 1 is 0.857 bits per heavy atom. The van der Waals surface area contributed by atoms with Crippen LogP contribution in [0.15, 0.2) is 71.8 Å². The van der Waals surface area contributed by atoms with Crippen molar-refractivity contribution in [3.63, 3.8) is 0 Å². The third kappa shape index (κ3) is 6.47. The SMILES string of the molecule is Cc1ccc(Nc2nc(NN=Cc3ccccc3I)nc(Nc3ccc([N+](=O)[O-])cc3)n2)cc1C. The first-order chi connectivity index (χ1) is 16.9. The molecule has 0 saturated heterocycles. The van der Waals surface area contributed by atoms with Crippen molar-refractivity contribution in [1.82, 2.24) is 15.0 Å². The molecule has 3 aromatic carbocycles. The number of rotatable bonds is 8. The van der Waals surface area contributed by atoms with Gasteiger partial charge in [-0.1, -0.05) is 24.3 Å². The van der Waals surface area contributed by atoms with E-state index in [1.54, 1.807) is 18.3 Å². The minimum Gasteiger partial charge on any atom is -0.324 e. The van der Waals surface area contributed by atoms with E-state index in [9.17, 15) is 10.1 Å². The Morgan fingerprint density at radius 2 is 1.49 bits per heavy atom. The number of benzene rings is 3. The quantitative estimate of drug-likeness (QED) is 0.101. The van der Waals surface area contributed by atoms with Gasteiger partial charge in [-0.05, 0) is 77.9 Å². The third-order valence-corrected chi connectivity index (χ3v) is 5.99. The normalized spacial score (nSPS) is 10.8. The van der Waals surface area contributed by atoms with E-state index in [1.165, 1.54) is 17.7 Å². The summed E-state index contributed by atoms with van der Waals surface area (Å²) in [6.45, 7) is 4.07. The van der Waals surface area contributed by atoms with Gasteiger partial charge in [0.25, 0.3) is 5.69 Å². The first-order valence-corrected chi connectivity index (χ1v) is 11.6. The van der Waals surface area contributed by atoms with E-state index in [2.05, 4.69) is 58.7 Å². The van der Waals surface area contributed by atoms with Crippen molar-refractivity contribution in [2.45, 2.75) is 13.8 Å². The summed E-state index contributed by atoms with van der Waals surface area (Å²) in [5, 5.41) is 21.4. The van der Waals surface area contributed by atoms with Gasteiger partial charge in [-0.15, -0.1) is 0 Å². The Labute approximate surface area is 215 Å². The molecule has 0 saturated carbocycles. The van der Waals surface area contributed by atoms with Gasteiger partial charge in [-0.25, -0.2) is 5.43 Å². The van der Waals surface area contributed by atoms with Crippen LogP contribution in [0.1, 0.15) is 16.7 Å². The number of nitrogens with zero attached hydrogens (tertiary/aromatic N) is 5. The summed E-state index contributed by atoms with van der Waals surface area (Å²) in [4.78, 5) is 23.7. The molecule has 0 aliphatic rings. The number of anilines is 5. The van der Waals surface area contributed by atoms with Crippen LogP contribution in [0.25, 0.3) is 0 Å². The molecule has 0 radical (unpaired) electrons. The minimum atomic E-state index is -0.452. The zero-order chi connectivity index (χ0) is 24.8. The molecule has 4 rings (SSSR count). The van der Waals surface area contributed by atoms with E-state index in [0.717, 1.165) is 20.4 Å². The average Bonchev–Trinajstić information content (AvgIpc) is 2.83. The second-order valence-corrected chi connectivity index (χ2v) is 8.71. The molecule has 0 spiro atoms. The summed E-state index contributed by atoms with van der Waals surface area (Å²) in [7, 11) is 0. The van der Waals surface area contributed by atoms with Crippen LogP contribution in [-0.4, -0.2) is 26.1 Å². The topological polar surface area (TPSA) is 130 Å². The highest BCUT2D eigenvalue weighted by Crippen LogP contribution is 2.22. The van der Waals surface area contributed by atoms with Crippen LogP contribution in [0.4, 0.5) is 34.9 Å². The standard InChI is InChI=1S/C24H21IN8O2/c1-15-7-8-19(13-16(15)2)28-23-29-22(27-18-9-11-20(12-10-18)33(34)35)30-24(31-23)32-26-14-17-5-3-4-6-21(17)25/h3-14H,1-2H3,(H3,27,28,29,30,31,32). The van der Waals surface area contributed by atoms with Gasteiger partial charge in [0.15, 0.2) is 0 Å². The Kier molecular flexibility index (Phi) is 7.45. The molecule has 0 bridgehead atoms. The number of hydrazone groups is 1. The number of aryl methyl sites for hydroxylation is 2. The maximum absolute atomic E-state index is 10.9. The van der Waals surface area contributed by atoms with Crippen LogP contribution in [-0.2, 0) is 0 Å². The predicted octanol–water partition coefficient (Wildman–Crippen LogP) is 5.93. The van der Waals surface area contributed by atoms with Crippen LogP contribution in [0.5, 0.6) is 0 Å². The van der Waals surface area contributed by atoms with Crippen molar-refractivity contribution >= 4 is 63.7 Å². The van der Waals surface area contributed by atoms with Gasteiger partial charge in [0.05, 0.1) is 11.1 Å². The number of aromatic nitrogens is 3. The number of hydrogen-bond acceptors (Lipinski definition) is 9. The lowest BCUT2D eigenvalue weighted by Crippen LogP contribution is -2.07. The Bertz CT molecular complexity index is 1390. The lowest BCUT2D eigenvalue weighted by Gasteiger charge is -2.11. The average molecular weight is 580 g/mol. The fourth-order valence-electron chi connectivity index (χ4n) is 3.02. The third-order valence-electron chi connectivity index (χ3n) is 5.01. The highest BCUT2D eigenvalue weighted by molar-refractivity contribution is 14.1. The minimum absolute atomic E-state index is 0.00414. The summed E-state index contributed by atoms with van der Waals surface area (Å²) < 4.78 is 1.06. The van der Waals surface area contributed by atoms with Gasteiger partial charge < -0.3 is 10.6 Å². The van der Waals surface area contributed by atoms with Gasteiger partial charge in [-0.3, -0.25) is 10.1 Å². The maximum atomic E-state index is 10.9. The molecule has 0 aliphatic carbocycles. The first-order valence-electron chi connectivity index (χ1n) is 10.5. The Morgan fingerprint density at radius 3 is 2.14 bits per heavy atom. The summed E-state index contributed by atoms with van der Waals surface area (Å²) in [5.74, 6) is 0.768. The van der Waals surface area contributed by atoms with Gasteiger partial charge in [-0.2, -0.15) is 20.1 Å². The molecule has 10 nitrogen and oxygen atoms in total. The molecule has 1 aromatic heterocycles. The molecule has 176 valence electrons. The van der Waals surface area contributed by atoms with Gasteiger partial charge >= 0.3 is 0 Å². The van der Waals surface area contributed by atoms with Crippen molar-refractivity contribution in [2.24, 2.45) is 5.10 Å². The monoisotopic (exact) mass is 580 g/mol. The van der Waals surface area contributed by atoms with Crippen molar-refractivity contribution in [1.29, 1.82) is 0 Å². The smallest absolute Gasteiger partial charge is 0.269 e. The van der Waals surface area contributed by atoms with Gasteiger partial charge in [0.2, 0.25) is 17.8 Å². The molecule has 0 aliphatic heterocycles. The van der Waals surface area contributed by atoms with E-state index in [-0.39, 0.29) is 17.6 Å². The molecule has 0 amide bonds. The van der Waals surface area contributed by atoms with Crippen molar-refractivity contribution < 1.29 is 4.92 Å². The number of nitrogens with one attached hydrogen (secondary N) is 3. The fourth-order valence-corrected chi connectivity index (χ4v) is 3.55. The van der Waals surface area contributed by atoms with Crippen LogP contribution in [0, 0.1) is 27.5 Å². The van der Waals surface area contributed by atoms with Crippen molar-refractivity contribution in [3.8, 4) is 0 Å². The van der Waals surface area contributed by atoms with E-state index >= 15 is 0 Å². The number of halogens is 1. The lowest BCUT2D eigenvalue weighted by molar-refractivity contribution is -0.384. The van der Waals surface area contributed by atoms with Crippen LogP contribution in [0.2, 0.25) is 0 Å². The molecule has 35 heavy (non-hydrogen) atoms. The van der Waals surface area contributed by atoms with Crippen molar-refractivity contribution in [3.05, 3.63) is 97.1 Å². The van der Waals surface area contributed by atoms with E-state index in [4.69, 9.17) is 0 Å². The second kappa shape index (κ2) is 10.9. The van der Waals surface area contributed by atoms with E-state index < -0.39 is 4.92 Å². The second-order valence-electron chi connectivity index (χ2n) is 7.55. The Hall–Kier alpha value is -4.13. The maximum Gasteiger partial charge on any atom is 0.269 e. The highest BCUT2D eigenvalue weighted by Gasteiger charge is 2.10. The molecule has 4 aromatic rings. The van der Waals surface area contributed by atoms with E-state index in [0.29, 0.717) is 11.6 Å². The largest absolute Gasteiger partial charge is 0.324 e. The summed E-state index contributed by atoms with van der Waals surface area (Å²) in [5.41, 5.74) is 7.53. The zero-order valence-electron chi connectivity index (χ0n) is 18.9. The van der Waals surface area contributed by atoms with Crippen LogP contribution < -0.4 is 16.1 Å². The summed E-state index contributed by atoms with van der Waals surface area (Å²) in [6, 6.07) is 19.8. The molecule has 0 unspecified atom stereocenters. The molecule has 0 fully saturated rings. The molecule has 11 heteroatoms.